The van der Waals surface area contributed by atoms with Gasteiger partial charge >= 0.3 is 0 Å². The van der Waals surface area contributed by atoms with Crippen molar-refractivity contribution < 1.29 is 0 Å². The van der Waals surface area contributed by atoms with Crippen LogP contribution in [0.5, 0.6) is 0 Å². The fraction of sp³-hybridized carbons (Fsp3) is 0.200. The summed E-state index contributed by atoms with van der Waals surface area (Å²) >= 11 is 0. The molecule has 0 saturated carbocycles. The zero-order chi connectivity index (χ0) is 12.7. The summed E-state index contributed by atoms with van der Waals surface area (Å²) in [5, 5.41) is 1.16. The van der Waals surface area contributed by atoms with Crippen LogP contribution in [0.25, 0.3) is 22.3 Å². The Morgan fingerprint density at radius 2 is 1.89 bits per heavy atom. The first-order valence-electron chi connectivity index (χ1n) is 6.00. The molecule has 0 atom stereocenters. The number of fused-ring (bicyclic) bond motifs is 1. The quantitative estimate of drug-likeness (QED) is 0.650. The summed E-state index contributed by atoms with van der Waals surface area (Å²) in [6.45, 7) is 4.16. The average molecular weight is 237 g/mol. The van der Waals surface area contributed by atoms with E-state index >= 15 is 0 Å². The van der Waals surface area contributed by atoms with Crippen LogP contribution < -0.4 is 0 Å². The van der Waals surface area contributed by atoms with Crippen molar-refractivity contribution in [2.75, 3.05) is 0 Å². The zero-order valence-corrected chi connectivity index (χ0v) is 10.8. The van der Waals surface area contributed by atoms with Gasteiger partial charge in [-0.05, 0) is 43.7 Å². The molecule has 18 heavy (non-hydrogen) atoms. The summed E-state index contributed by atoms with van der Waals surface area (Å²) in [5.74, 6) is 0. The van der Waals surface area contributed by atoms with Crippen LogP contribution in [-0.4, -0.2) is 14.5 Å². The largest absolute Gasteiger partial charge is 0.333 e. The van der Waals surface area contributed by atoms with Crippen molar-refractivity contribution in [3.8, 4) is 11.3 Å². The van der Waals surface area contributed by atoms with E-state index in [1.54, 1.807) is 0 Å². The topological polar surface area (TPSA) is 30.7 Å². The molecule has 0 N–H and O–H groups in total. The van der Waals surface area contributed by atoms with Crippen LogP contribution in [0.15, 0.2) is 36.7 Å². The second kappa shape index (κ2) is 3.95. The normalized spacial score (nSPS) is 11.1. The number of hydrogen-bond donors (Lipinski definition) is 0. The molecule has 0 aromatic carbocycles. The lowest BCUT2D eigenvalue weighted by molar-refractivity contribution is 0.902. The van der Waals surface area contributed by atoms with Crippen LogP contribution in [0, 0.1) is 13.8 Å². The van der Waals surface area contributed by atoms with Crippen LogP contribution in [0.1, 0.15) is 11.3 Å². The molecule has 0 bridgehead atoms. The summed E-state index contributed by atoms with van der Waals surface area (Å²) in [6.07, 6.45) is 3.73. The Labute approximate surface area is 106 Å². The molecular weight excluding hydrogens is 222 g/mol. The van der Waals surface area contributed by atoms with E-state index in [0.717, 1.165) is 22.3 Å². The van der Waals surface area contributed by atoms with Gasteiger partial charge in [-0.3, -0.25) is 4.98 Å². The predicted octanol–water partition coefficient (Wildman–Crippen LogP) is 3.25. The maximum atomic E-state index is 4.53. The molecule has 3 aromatic rings. The summed E-state index contributed by atoms with van der Waals surface area (Å²) in [6, 6.07) is 8.39. The van der Waals surface area contributed by atoms with Crippen LogP contribution in [-0.2, 0) is 7.05 Å². The molecular formula is C15H15N3. The van der Waals surface area contributed by atoms with Crippen LogP contribution in [0.4, 0.5) is 0 Å². The van der Waals surface area contributed by atoms with Gasteiger partial charge in [0.05, 0.1) is 5.69 Å². The van der Waals surface area contributed by atoms with Gasteiger partial charge in [-0.15, -0.1) is 0 Å². The molecule has 0 unspecified atom stereocenters. The molecule has 3 nitrogen and oxygen atoms in total. The molecule has 0 fully saturated rings. The standard InChI is InChI=1S/C15H15N3/c1-10-4-5-16-14(6-10)13-8-12-7-11(2)18(3)15(12)17-9-13/h4-9H,1-3H3. The molecule has 3 heteroatoms. The Morgan fingerprint density at radius 3 is 2.67 bits per heavy atom. The smallest absolute Gasteiger partial charge is 0.139 e. The average Bonchev–Trinajstić information content (AvgIpc) is 2.65. The van der Waals surface area contributed by atoms with E-state index in [1.807, 2.05) is 25.5 Å². The lowest BCUT2D eigenvalue weighted by Crippen LogP contribution is -1.92. The second-order valence-electron chi connectivity index (χ2n) is 4.70. The van der Waals surface area contributed by atoms with E-state index in [4.69, 9.17) is 0 Å². The molecule has 0 amide bonds. The Morgan fingerprint density at radius 1 is 1.06 bits per heavy atom. The molecule has 0 saturated heterocycles. The van der Waals surface area contributed by atoms with Crippen LogP contribution >= 0.6 is 0 Å². The minimum absolute atomic E-state index is 0.978. The molecule has 0 aliphatic heterocycles. The number of rotatable bonds is 1. The first kappa shape index (κ1) is 11.0. The Hall–Kier alpha value is -2.16. The highest BCUT2D eigenvalue weighted by atomic mass is 15.0. The molecule has 90 valence electrons. The maximum absolute atomic E-state index is 4.53. The minimum atomic E-state index is 0.978. The summed E-state index contributed by atoms with van der Waals surface area (Å²) in [7, 11) is 2.04. The Balaban J connectivity index is 2.19. The van der Waals surface area contributed by atoms with Gasteiger partial charge in [0.15, 0.2) is 0 Å². The van der Waals surface area contributed by atoms with Crippen LogP contribution in [0.2, 0.25) is 0 Å². The van der Waals surface area contributed by atoms with Crippen molar-refractivity contribution in [3.05, 3.63) is 47.9 Å². The van der Waals surface area contributed by atoms with Gasteiger partial charge in [-0.1, -0.05) is 0 Å². The number of aromatic nitrogens is 3. The van der Waals surface area contributed by atoms with Crippen molar-refractivity contribution >= 4 is 11.0 Å². The Bertz CT molecular complexity index is 726. The summed E-state index contributed by atoms with van der Waals surface area (Å²) in [5.41, 5.74) is 5.49. The number of aryl methyl sites for hydroxylation is 3. The van der Waals surface area contributed by atoms with Gasteiger partial charge < -0.3 is 4.57 Å². The summed E-state index contributed by atoms with van der Waals surface area (Å²) in [4.78, 5) is 8.93. The summed E-state index contributed by atoms with van der Waals surface area (Å²) < 4.78 is 2.10. The molecule has 0 radical (unpaired) electrons. The first-order chi connectivity index (χ1) is 8.65. The van der Waals surface area contributed by atoms with Gasteiger partial charge in [0.2, 0.25) is 0 Å². The third kappa shape index (κ3) is 1.68. The minimum Gasteiger partial charge on any atom is -0.333 e. The third-order valence-corrected chi connectivity index (χ3v) is 3.32. The van der Waals surface area contributed by atoms with E-state index < -0.39 is 0 Å². The Kier molecular flexibility index (Phi) is 2.40. The number of pyridine rings is 2. The second-order valence-corrected chi connectivity index (χ2v) is 4.70. The lowest BCUT2D eigenvalue weighted by Gasteiger charge is -2.02. The van der Waals surface area contributed by atoms with Crippen molar-refractivity contribution in [2.45, 2.75) is 13.8 Å². The molecule has 0 aliphatic rings. The molecule has 3 rings (SSSR count). The molecule has 3 aromatic heterocycles. The van der Waals surface area contributed by atoms with E-state index in [-0.39, 0.29) is 0 Å². The van der Waals surface area contributed by atoms with Crippen molar-refractivity contribution in [1.82, 2.24) is 14.5 Å². The van der Waals surface area contributed by atoms with Gasteiger partial charge in [0.1, 0.15) is 5.65 Å². The predicted molar refractivity (Wildman–Crippen MR) is 73.4 cm³/mol. The molecule has 0 aliphatic carbocycles. The first-order valence-corrected chi connectivity index (χ1v) is 6.00. The van der Waals surface area contributed by atoms with E-state index in [9.17, 15) is 0 Å². The number of hydrogen-bond acceptors (Lipinski definition) is 2. The fourth-order valence-corrected chi connectivity index (χ4v) is 2.18. The zero-order valence-electron chi connectivity index (χ0n) is 10.8. The van der Waals surface area contributed by atoms with E-state index in [2.05, 4.69) is 46.6 Å². The van der Waals surface area contributed by atoms with Crippen LogP contribution in [0.3, 0.4) is 0 Å². The van der Waals surface area contributed by atoms with E-state index in [0.29, 0.717) is 0 Å². The third-order valence-electron chi connectivity index (χ3n) is 3.32. The van der Waals surface area contributed by atoms with Crippen molar-refractivity contribution in [1.29, 1.82) is 0 Å². The monoisotopic (exact) mass is 237 g/mol. The highest BCUT2D eigenvalue weighted by Gasteiger charge is 2.06. The van der Waals surface area contributed by atoms with Gasteiger partial charge in [-0.2, -0.15) is 0 Å². The van der Waals surface area contributed by atoms with Gasteiger partial charge in [0.25, 0.3) is 0 Å². The highest BCUT2D eigenvalue weighted by molar-refractivity contribution is 5.82. The number of nitrogens with zero attached hydrogens (tertiary/aromatic N) is 3. The van der Waals surface area contributed by atoms with Gasteiger partial charge in [0, 0.05) is 36.1 Å². The lowest BCUT2D eigenvalue weighted by atomic mass is 10.1. The maximum Gasteiger partial charge on any atom is 0.139 e. The van der Waals surface area contributed by atoms with Crippen molar-refractivity contribution in [2.24, 2.45) is 7.05 Å². The van der Waals surface area contributed by atoms with Gasteiger partial charge in [-0.25, -0.2) is 4.98 Å². The molecule has 3 heterocycles. The SMILES string of the molecule is Cc1ccnc(-c2cnc3c(c2)cc(C)n3C)c1. The van der Waals surface area contributed by atoms with E-state index in [1.165, 1.54) is 11.3 Å². The fourth-order valence-electron chi connectivity index (χ4n) is 2.18. The van der Waals surface area contributed by atoms with Crippen molar-refractivity contribution in [3.63, 3.8) is 0 Å². The highest BCUT2D eigenvalue weighted by Crippen LogP contribution is 2.23. The molecule has 0 spiro atoms.